The van der Waals surface area contributed by atoms with E-state index in [2.05, 4.69) is 21.9 Å². The molecule has 0 aliphatic heterocycles. The molecule has 3 aromatic carbocycles. The Morgan fingerprint density at radius 1 is 0.917 bits per heavy atom. The summed E-state index contributed by atoms with van der Waals surface area (Å²) in [4.78, 5) is 24.2. The molecule has 2 N–H and O–H groups in total. The average molecular weight is 490 g/mol. The Bertz CT molecular complexity index is 1190. The number of ether oxygens (including phenoxy) is 3. The summed E-state index contributed by atoms with van der Waals surface area (Å²) in [7, 11) is 1.57. The highest BCUT2D eigenvalue weighted by Crippen LogP contribution is 2.28. The molecule has 0 aromatic heterocycles. The van der Waals surface area contributed by atoms with Crippen LogP contribution >= 0.6 is 0 Å². The van der Waals surface area contributed by atoms with Crippen molar-refractivity contribution in [3.8, 4) is 17.2 Å². The van der Waals surface area contributed by atoms with Crippen molar-refractivity contribution in [2.24, 2.45) is 5.10 Å². The van der Waals surface area contributed by atoms with Gasteiger partial charge in [-0.05, 0) is 67.4 Å². The lowest BCUT2D eigenvalue weighted by Crippen LogP contribution is -2.20. The van der Waals surface area contributed by atoms with Crippen LogP contribution in [0.4, 0.5) is 5.69 Å². The summed E-state index contributed by atoms with van der Waals surface area (Å²) in [6.45, 7) is 4.94. The third kappa shape index (κ3) is 8.47. The van der Waals surface area contributed by atoms with Crippen LogP contribution in [0.1, 0.15) is 36.5 Å². The number of carbonyl (C=O) groups excluding carboxylic acids is 2. The van der Waals surface area contributed by atoms with Gasteiger partial charge >= 0.3 is 0 Å². The number of rotatable bonds is 12. The van der Waals surface area contributed by atoms with Crippen molar-refractivity contribution in [1.82, 2.24) is 5.43 Å². The number of aryl methyl sites for hydroxylation is 1. The van der Waals surface area contributed by atoms with Crippen molar-refractivity contribution in [1.29, 1.82) is 0 Å². The largest absolute Gasteiger partial charge is 0.494 e. The van der Waals surface area contributed by atoms with E-state index in [1.807, 2.05) is 38.1 Å². The average Bonchev–Trinajstić information content (AvgIpc) is 2.88. The number of methoxy groups -OCH3 is 1. The predicted octanol–water partition coefficient (Wildman–Crippen LogP) is 4.85. The van der Waals surface area contributed by atoms with E-state index in [4.69, 9.17) is 14.2 Å². The van der Waals surface area contributed by atoms with Crippen molar-refractivity contribution in [3.63, 3.8) is 0 Å². The topological polar surface area (TPSA) is 98.2 Å². The first-order chi connectivity index (χ1) is 17.5. The molecule has 8 heteroatoms. The molecule has 0 atom stereocenters. The number of nitrogens with zero attached hydrogens (tertiary/aromatic N) is 1. The lowest BCUT2D eigenvalue weighted by molar-refractivity contribution is -0.124. The maximum Gasteiger partial charge on any atom is 0.240 e. The van der Waals surface area contributed by atoms with Crippen molar-refractivity contribution in [2.75, 3.05) is 19.0 Å². The Labute approximate surface area is 211 Å². The molecular weight excluding hydrogens is 458 g/mol. The van der Waals surface area contributed by atoms with Crippen LogP contribution < -0.4 is 25.0 Å². The Morgan fingerprint density at radius 2 is 1.69 bits per heavy atom. The zero-order valence-electron chi connectivity index (χ0n) is 20.7. The molecular formula is C28H31N3O5. The van der Waals surface area contributed by atoms with Gasteiger partial charge in [-0.3, -0.25) is 9.59 Å². The quantitative estimate of drug-likeness (QED) is 0.280. The number of carbonyl (C=O) groups is 2. The second-order valence-corrected chi connectivity index (χ2v) is 7.99. The number of hydrogen-bond donors (Lipinski definition) is 2. The highest BCUT2D eigenvalue weighted by atomic mass is 16.5. The van der Waals surface area contributed by atoms with Gasteiger partial charge in [-0.15, -0.1) is 0 Å². The van der Waals surface area contributed by atoms with Crippen LogP contribution in [0, 0.1) is 6.92 Å². The van der Waals surface area contributed by atoms with Gasteiger partial charge in [-0.1, -0.05) is 29.8 Å². The molecule has 0 saturated heterocycles. The minimum Gasteiger partial charge on any atom is -0.494 e. The summed E-state index contributed by atoms with van der Waals surface area (Å²) < 4.78 is 16.7. The van der Waals surface area contributed by atoms with E-state index < -0.39 is 0 Å². The van der Waals surface area contributed by atoms with E-state index >= 15 is 0 Å². The Kier molecular flexibility index (Phi) is 9.88. The van der Waals surface area contributed by atoms with Crippen molar-refractivity contribution in [3.05, 3.63) is 83.4 Å². The fraction of sp³-hybridized carbons (Fsp3) is 0.250. The molecule has 0 saturated carbocycles. The first-order valence-corrected chi connectivity index (χ1v) is 11.7. The van der Waals surface area contributed by atoms with Gasteiger partial charge in [0.15, 0.2) is 11.5 Å². The maximum atomic E-state index is 12.1. The Balaban J connectivity index is 1.44. The molecule has 0 fully saturated rings. The fourth-order valence-electron chi connectivity index (χ4n) is 3.33. The molecule has 0 aliphatic rings. The summed E-state index contributed by atoms with van der Waals surface area (Å²) in [6.07, 6.45) is 1.55. The van der Waals surface area contributed by atoms with Crippen LogP contribution in [0.15, 0.2) is 71.8 Å². The molecule has 0 unspecified atom stereocenters. The van der Waals surface area contributed by atoms with E-state index in [9.17, 15) is 9.59 Å². The number of amides is 2. The highest BCUT2D eigenvalue weighted by molar-refractivity contribution is 5.93. The van der Waals surface area contributed by atoms with Crippen molar-refractivity contribution >= 4 is 23.7 Å². The van der Waals surface area contributed by atoms with Gasteiger partial charge in [-0.2, -0.15) is 5.10 Å². The monoisotopic (exact) mass is 489 g/mol. The van der Waals surface area contributed by atoms with Gasteiger partial charge in [0, 0.05) is 18.5 Å². The fourth-order valence-corrected chi connectivity index (χ4v) is 3.33. The molecule has 8 nitrogen and oxygen atoms in total. The van der Waals surface area contributed by atoms with Crippen LogP contribution in [0.3, 0.4) is 0 Å². The molecule has 188 valence electrons. The Morgan fingerprint density at radius 3 is 2.42 bits per heavy atom. The highest BCUT2D eigenvalue weighted by Gasteiger charge is 2.08. The van der Waals surface area contributed by atoms with Gasteiger partial charge in [0.2, 0.25) is 11.8 Å². The molecule has 0 heterocycles. The normalized spacial score (nSPS) is 10.6. The van der Waals surface area contributed by atoms with Crippen LogP contribution in [-0.2, 0) is 16.2 Å². The van der Waals surface area contributed by atoms with E-state index in [1.165, 1.54) is 11.8 Å². The van der Waals surface area contributed by atoms with Crippen LogP contribution in [0.25, 0.3) is 0 Å². The summed E-state index contributed by atoms with van der Waals surface area (Å²) in [5.74, 6) is 1.28. The predicted molar refractivity (Wildman–Crippen MR) is 140 cm³/mol. The van der Waals surface area contributed by atoms with Crippen LogP contribution in [-0.4, -0.2) is 31.7 Å². The zero-order chi connectivity index (χ0) is 25.8. The minimum absolute atomic E-state index is 0.00919. The van der Waals surface area contributed by atoms with E-state index in [0.717, 1.165) is 16.9 Å². The van der Waals surface area contributed by atoms with Gasteiger partial charge in [-0.25, -0.2) is 5.43 Å². The molecule has 0 bridgehead atoms. The summed E-state index contributed by atoms with van der Waals surface area (Å²) in [5.41, 5.74) is 6.04. The molecule has 3 rings (SSSR count). The first-order valence-electron chi connectivity index (χ1n) is 11.7. The summed E-state index contributed by atoms with van der Waals surface area (Å²) in [5, 5.41) is 6.72. The molecule has 0 radical (unpaired) electrons. The number of anilines is 1. The van der Waals surface area contributed by atoms with E-state index in [-0.39, 0.29) is 24.7 Å². The van der Waals surface area contributed by atoms with Crippen molar-refractivity contribution in [2.45, 2.75) is 33.3 Å². The van der Waals surface area contributed by atoms with Gasteiger partial charge in [0.05, 0.1) is 19.9 Å². The number of hydrazone groups is 1. The third-order valence-electron chi connectivity index (χ3n) is 5.10. The molecule has 36 heavy (non-hydrogen) atoms. The lowest BCUT2D eigenvalue weighted by atomic mass is 10.1. The molecule has 0 spiro atoms. The lowest BCUT2D eigenvalue weighted by Gasteiger charge is -2.11. The Hall–Kier alpha value is -4.33. The number of benzene rings is 3. The summed E-state index contributed by atoms with van der Waals surface area (Å²) in [6, 6.07) is 20.5. The van der Waals surface area contributed by atoms with Gasteiger partial charge in [0.1, 0.15) is 12.4 Å². The first kappa shape index (κ1) is 26.3. The summed E-state index contributed by atoms with van der Waals surface area (Å²) >= 11 is 0. The number of hydrogen-bond acceptors (Lipinski definition) is 6. The van der Waals surface area contributed by atoms with E-state index in [0.29, 0.717) is 30.4 Å². The van der Waals surface area contributed by atoms with Crippen molar-refractivity contribution < 1.29 is 23.8 Å². The minimum atomic E-state index is -0.363. The SMILES string of the molecule is CCOc1ccc(NC(=O)CCC(=O)NN=Cc2ccc(OCc3cccc(C)c3)c(OC)c2)cc1. The number of nitrogens with one attached hydrogen (secondary N) is 2. The van der Waals surface area contributed by atoms with Gasteiger partial charge in [0.25, 0.3) is 0 Å². The molecule has 0 aliphatic carbocycles. The maximum absolute atomic E-state index is 12.1. The molecule has 2 amide bonds. The molecule has 3 aromatic rings. The zero-order valence-corrected chi connectivity index (χ0v) is 20.7. The second kappa shape index (κ2) is 13.5. The smallest absolute Gasteiger partial charge is 0.240 e. The van der Waals surface area contributed by atoms with Gasteiger partial charge < -0.3 is 19.5 Å². The standard InChI is InChI=1S/C28H31N3O5/c1-4-35-24-11-9-23(10-12-24)30-27(32)14-15-28(33)31-29-18-21-8-13-25(26(17-21)34-3)36-19-22-7-5-6-20(2)16-22/h5-13,16-18H,4,14-15,19H2,1-3H3,(H,30,32)(H,31,33). The second-order valence-electron chi connectivity index (χ2n) is 7.99. The van der Waals surface area contributed by atoms with E-state index in [1.54, 1.807) is 43.5 Å². The van der Waals surface area contributed by atoms with Crippen LogP contribution in [0.2, 0.25) is 0 Å². The third-order valence-corrected chi connectivity index (χ3v) is 5.10. The van der Waals surface area contributed by atoms with Crippen LogP contribution in [0.5, 0.6) is 17.2 Å².